The molecular weight excluding hydrogens is 348 g/mol. The van der Waals surface area contributed by atoms with Gasteiger partial charge >= 0.3 is 5.97 Å². The molecule has 27 heavy (non-hydrogen) atoms. The summed E-state index contributed by atoms with van der Waals surface area (Å²) >= 11 is 0. The molecule has 0 bridgehead atoms. The maximum atomic E-state index is 12.3. The van der Waals surface area contributed by atoms with Crippen molar-refractivity contribution < 1.29 is 28.2 Å². The van der Waals surface area contributed by atoms with Crippen molar-refractivity contribution in [1.82, 2.24) is 0 Å². The molecule has 0 aliphatic carbocycles. The molecule has 3 aromatic rings. The van der Waals surface area contributed by atoms with Crippen molar-refractivity contribution >= 4 is 22.7 Å². The molecule has 0 N–H and O–H groups in total. The predicted molar refractivity (Wildman–Crippen MR) is 99.3 cm³/mol. The Balaban J connectivity index is 1.70. The highest BCUT2D eigenvalue weighted by Crippen LogP contribution is 2.26. The third-order valence-electron chi connectivity index (χ3n) is 4.27. The molecule has 6 nitrogen and oxygen atoms in total. The van der Waals surface area contributed by atoms with E-state index in [-0.39, 0.29) is 18.8 Å². The lowest BCUT2D eigenvalue weighted by Gasteiger charge is -2.10. The molecule has 1 heterocycles. The van der Waals surface area contributed by atoms with Gasteiger partial charge in [0.1, 0.15) is 23.7 Å². The van der Waals surface area contributed by atoms with Crippen LogP contribution in [0, 0.1) is 0 Å². The summed E-state index contributed by atoms with van der Waals surface area (Å²) in [4.78, 5) is 23.8. The van der Waals surface area contributed by atoms with E-state index in [0.29, 0.717) is 28.2 Å². The number of Topliss-reactive ketones (excluding diaryl/α,β-unsaturated/α-hetero) is 1. The van der Waals surface area contributed by atoms with Crippen LogP contribution in [-0.2, 0) is 22.6 Å². The monoisotopic (exact) mass is 368 g/mol. The first-order valence-electron chi connectivity index (χ1n) is 8.39. The zero-order valence-electron chi connectivity index (χ0n) is 15.4. The van der Waals surface area contributed by atoms with Crippen molar-refractivity contribution in [3.63, 3.8) is 0 Å². The summed E-state index contributed by atoms with van der Waals surface area (Å²) in [5.41, 5.74) is 2.56. The largest absolute Gasteiger partial charge is 0.497 e. The van der Waals surface area contributed by atoms with E-state index in [1.54, 1.807) is 37.6 Å². The number of rotatable bonds is 7. The molecule has 2 aromatic carbocycles. The standard InChI is InChI=1S/C21H20O6/c1-13(22)14-4-7-19(25-3)16(8-14)12-27-21(23)9-15-11-26-20-10-17(24-2)5-6-18(15)20/h4-8,10-11H,9,12H2,1-3H3. The van der Waals surface area contributed by atoms with E-state index in [4.69, 9.17) is 18.6 Å². The van der Waals surface area contributed by atoms with Gasteiger partial charge in [0, 0.05) is 28.1 Å². The first-order valence-corrected chi connectivity index (χ1v) is 8.39. The molecule has 0 aliphatic heterocycles. The van der Waals surface area contributed by atoms with Crippen LogP contribution in [0.15, 0.2) is 47.1 Å². The van der Waals surface area contributed by atoms with Crippen LogP contribution in [0.2, 0.25) is 0 Å². The van der Waals surface area contributed by atoms with Crippen molar-refractivity contribution in [2.75, 3.05) is 14.2 Å². The third-order valence-corrected chi connectivity index (χ3v) is 4.27. The molecule has 0 atom stereocenters. The van der Waals surface area contributed by atoms with Crippen molar-refractivity contribution in [2.24, 2.45) is 0 Å². The van der Waals surface area contributed by atoms with E-state index in [2.05, 4.69) is 0 Å². The number of hydrogen-bond acceptors (Lipinski definition) is 6. The topological polar surface area (TPSA) is 75.0 Å². The van der Waals surface area contributed by atoms with Crippen LogP contribution in [0.5, 0.6) is 11.5 Å². The Morgan fingerprint density at radius 3 is 2.52 bits per heavy atom. The number of benzene rings is 2. The molecule has 0 spiro atoms. The lowest BCUT2D eigenvalue weighted by atomic mass is 10.1. The fraction of sp³-hybridized carbons (Fsp3) is 0.238. The lowest BCUT2D eigenvalue weighted by molar-refractivity contribution is -0.144. The fourth-order valence-corrected chi connectivity index (χ4v) is 2.80. The molecule has 0 radical (unpaired) electrons. The molecular formula is C21H20O6. The van der Waals surface area contributed by atoms with Gasteiger partial charge in [0.05, 0.1) is 26.9 Å². The maximum Gasteiger partial charge on any atom is 0.310 e. The highest BCUT2D eigenvalue weighted by atomic mass is 16.5. The summed E-state index contributed by atoms with van der Waals surface area (Å²) in [6.45, 7) is 1.50. The van der Waals surface area contributed by atoms with Gasteiger partial charge in [-0.05, 0) is 37.3 Å². The number of carbonyl (C=O) groups is 2. The molecule has 0 saturated carbocycles. The Morgan fingerprint density at radius 2 is 1.81 bits per heavy atom. The molecule has 0 unspecified atom stereocenters. The average molecular weight is 368 g/mol. The molecule has 0 fully saturated rings. The predicted octanol–water partition coefficient (Wildman–Crippen LogP) is 3.94. The molecule has 0 saturated heterocycles. The van der Waals surface area contributed by atoms with Gasteiger partial charge in [-0.3, -0.25) is 9.59 Å². The van der Waals surface area contributed by atoms with Crippen LogP contribution in [0.4, 0.5) is 0 Å². The van der Waals surface area contributed by atoms with Crippen LogP contribution in [0.25, 0.3) is 11.0 Å². The molecule has 0 amide bonds. The van der Waals surface area contributed by atoms with Gasteiger partial charge < -0.3 is 18.6 Å². The summed E-state index contributed by atoms with van der Waals surface area (Å²) in [5, 5.41) is 0.837. The number of carbonyl (C=O) groups excluding carboxylic acids is 2. The summed E-state index contributed by atoms with van der Waals surface area (Å²) in [6, 6.07) is 10.5. The minimum Gasteiger partial charge on any atom is -0.497 e. The van der Waals surface area contributed by atoms with Crippen molar-refractivity contribution in [3.05, 3.63) is 59.4 Å². The average Bonchev–Trinajstić information content (AvgIpc) is 3.07. The highest BCUT2D eigenvalue weighted by molar-refractivity contribution is 5.94. The van der Waals surface area contributed by atoms with E-state index in [0.717, 1.165) is 10.9 Å². The summed E-state index contributed by atoms with van der Waals surface area (Å²) in [7, 11) is 3.11. The minimum atomic E-state index is -0.399. The van der Waals surface area contributed by atoms with Crippen molar-refractivity contribution in [3.8, 4) is 11.5 Å². The Kier molecular flexibility index (Phi) is 5.45. The molecule has 6 heteroatoms. The second-order valence-corrected chi connectivity index (χ2v) is 6.04. The number of methoxy groups -OCH3 is 2. The number of ether oxygens (including phenoxy) is 3. The smallest absolute Gasteiger partial charge is 0.310 e. The second-order valence-electron chi connectivity index (χ2n) is 6.04. The summed E-state index contributed by atoms with van der Waals surface area (Å²) in [6.07, 6.45) is 1.62. The fourth-order valence-electron chi connectivity index (χ4n) is 2.80. The minimum absolute atomic E-state index is 0.0206. The van der Waals surface area contributed by atoms with Crippen LogP contribution in [0.3, 0.4) is 0 Å². The first-order chi connectivity index (χ1) is 13.0. The van der Waals surface area contributed by atoms with E-state index in [9.17, 15) is 9.59 Å². The second kappa shape index (κ2) is 7.95. The zero-order chi connectivity index (χ0) is 19.4. The highest BCUT2D eigenvalue weighted by Gasteiger charge is 2.14. The number of furan rings is 1. The third kappa shape index (κ3) is 4.11. The normalized spacial score (nSPS) is 10.6. The SMILES string of the molecule is COc1ccc2c(CC(=O)OCc3cc(C(C)=O)ccc3OC)coc2c1. The van der Waals surface area contributed by atoms with Gasteiger partial charge in [-0.2, -0.15) is 0 Å². The first kappa shape index (κ1) is 18.5. The van der Waals surface area contributed by atoms with Gasteiger partial charge in [0.2, 0.25) is 0 Å². The van der Waals surface area contributed by atoms with E-state index >= 15 is 0 Å². The maximum absolute atomic E-state index is 12.3. The Hall–Kier alpha value is -3.28. The summed E-state index contributed by atoms with van der Waals surface area (Å²) < 4.78 is 21.3. The van der Waals surface area contributed by atoms with E-state index < -0.39 is 5.97 Å². The number of hydrogen-bond donors (Lipinski definition) is 0. The van der Waals surface area contributed by atoms with Crippen LogP contribution in [0.1, 0.15) is 28.4 Å². The Bertz CT molecular complexity index is 986. The van der Waals surface area contributed by atoms with Crippen LogP contribution in [-0.4, -0.2) is 26.0 Å². The molecule has 140 valence electrons. The van der Waals surface area contributed by atoms with Gasteiger partial charge in [0.25, 0.3) is 0 Å². The molecule has 0 aliphatic rings. The quantitative estimate of drug-likeness (QED) is 0.464. The van der Waals surface area contributed by atoms with Gasteiger partial charge in [0.15, 0.2) is 5.78 Å². The Morgan fingerprint density at radius 1 is 1.00 bits per heavy atom. The van der Waals surface area contributed by atoms with Gasteiger partial charge in [-0.1, -0.05) is 0 Å². The molecule has 1 aromatic heterocycles. The lowest BCUT2D eigenvalue weighted by Crippen LogP contribution is -2.09. The summed E-state index contributed by atoms with van der Waals surface area (Å²) in [5.74, 6) is 0.784. The zero-order valence-corrected chi connectivity index (χ0v) is 15.4. The van der Waals surface area contributed by atoms with E-state index in [1.807, 2.05) is 12.1 Å². The van der Waals surface area contributed by atoms with Crippen molar-refractivity contribution in [1.29, 1.82) is 0 Å². The van der Waals surface area contributed by atoms with Gasteiger partial charge in [-0.15, -0.1) is 0 Å². The molecule has 3 rings (SSSR count). The van der Waals surface area contributed by atoms with Crippen molar-refractivity contribution in [2.45, 2.75) is 20.0 Å². The Labute approximate surface area is 156 Å². The van der Waals surface area contributed by atoms with E-state index in [1.165, 1.54) is 14.0 Å². The number of fused-ring (bicyclic) bond motifs is 1. The number of esters is 1. The number of ketones is 1. The van der Waals surface area contributed by atoms with Crippen LogP contribution < -0.4 is 9.47 Å². The van der Waals surface area contributed by atoms with Crippen LogP contribution >= 0.6 is 0 Å². The van der Waals surface area contributed by atoms with Gasteiger partial charge in [-0.25, -0.2) is 0 Å².